The molecule has 4 nitrogen and oxygen atoms in total. The predicted octanol–water partition coefficient (Wildman–Crippen LogP) is 2.53. The van der Waals surface area contributed by atoms with Gasteiger partial charge in [-0.25, -0.2) is 0 Å². The van der Waals surface area contributed by atoms with Gasteiger partial charge in [0.2, 0.25) is 5.91 Å². The summed E-state index contributed by atoms with van der Waals surface area (Å²) in [5.41, 5.74) is 0. The summed E-state index contributed by atoms with van der Waals surface area (Å²) in [7, 11) is 1.78. The van der Waals surface area contributed by atoms with Crippen molar-refractivity contribution in [1.29, 1.82) is 0 Å². The van der Waals surface area contributed by atoms with E-state index >= 15 is 0 Å². The number of carboxylic acids is 1. The number of rotatable bonds is 6. The Kier molecular flexibility index (Phi) is 6.16. The summed E-state index contributed by atoms with van der Waals surface area (Å²) in [6.07, 6.45) is 7.53. The lowest BCUT2D eigenvalue weighted by atomic mass is 9.87. The van der Waals surface area contributed by atoms with Crippen molar-refractivity contribution in [2.24, 2.45) is 11.8 Å². The van der Waals surface area contributed by atoms with Crippen molar-refractivity contribution in [3.8, 4) is 0 Å². The molecule has 0 bridgehead atoms. The van der Waals surface area contributed by atoms with Crippen molar-refractivity contribution in [2.75, 3.05) is 13.6 Å². The first kappa shape index (κ1) is 15.0. The van der Waals surface area contributed by atoms with Gasteiger partial charge in [-0.3, -0.25) is 9.59 Å². The van der Waals surface area contributed by atoms with E-state index in [1.165, 1.54) is 32.1 Å². The van der Waals surface area contributed by atoms with Crippen LogP contribution in [0.25, 0.3) is 0 Å². The number of hydrogen-bond acceptors (Lipinski definition) is 2. The molecule has 1 aliphatic rings. The van der Waals surface area contributed by atoms with Gasteiger partial charge in [0.15, 0.2) is 0 Å². The van der Waals surface area contributed by atoms with Gasteiger partial charge in [0.25, 0.3) is 0 Å². The van der Waals surface area contributed by atoms with E-state index < -0.39 is 11.9 Å². The minimum atomic E-state index is -0.906. The third kappa shape index (κ3) is 5.07. The number of aliphatic carboxylic acids is 1. The largest absolute Gasteiger partial charge is 0.481 e. The van der Waals surface area contributed by atoms with Gasteiger partial charge in [-0.1, -0.05) is 39.0 Å². The lowest BCUT2D eigenvalue weighted by Gasteiger charge is -2.26. The summed E-state index contributed by atoms with van der Waals surface area (Å²) in [5.74, 6) is -0.618. The second-order valence-corrected chi connectivity index (χ2v) is 5.55. The Hall–Kier alpha value is -1.06. The highest BCUT2D eigenvalue weighted by Crippen LogP contribution is 2.26. The van der Waals surface area contributed by atoms with Crippen LogP contribution in [0, 0.1) is 11.8 Å². The maximum Gasteiger partial charge on any atom is 0.304 e. The van der Waals surface area contributed by atoms with Crippen molar-refractivity contribution < 1.29 is 14.7 Å². The van der Waals surface area contributed by atoms with Gasteiger partial charge in [-0.05, 0) is 12.3 Å². The van der Waals surface area contributed by atoms with Crippen LogP contribution >= 0.6 is 0 Å². The van der Waals surface area contributed by atoms with Crippen LogP contribution in [0.15, 0.2) is 0 Å². The zero-order valence-corrected chi connectivity index (χ0v) is 11.5. The molecular formula is C14H25NO3. The highest BCUT2D eigenvalue weighted by atomic mass is 16.4. The summed E-state index contributed by atoms with van der Waals surface area (Å²) in [6.45, 7) is 2.45. The maximum absolute atomic E-state index is 11.9. The minimum Gasteiger partial charge on any atom is -0.481 e. The summed E-state index contributed by atoms with van der Waals surface area (Å²) in [6, 6.07) is 0. The molecule has 1 aliphatic carbocycles. The molecule has 1 rings (SSSR count). The molecule has 0 aromatic rings. The van der Waals surface area contributed by atoms with E-state index in [-0.39, 0.29) is 12.3 Å². The van der Waals surface area contributed by atoms with Gasteiger partial charge in [-0.15, -0.1) is 0 Å². The highest BCUT2D eigenvalue weighted by molar-refractivity contribution is 5.82. The Morgan fingerprint density at radius 1 is 1.28 bits per heavy atom. The fourth-order valence-corrected chi connectivity index (χ4v) is 2.69. The first-order valence-corrected chi connectivity index (χ1v) is 6.97. The second-order valence-electron chi connectivity index (χ2n) is 5.55. The molecule has 1 N–H and O–H groups in total. The number of carbonyl (C=O) groups is 2. The molecule has 0 aliphatic heterocycles. The first-order chi connectivity index (χ1) is 8.50. The zero-order valence-electron chi connectivity index (χ0n) is 11.5. The van der Waals surface area contributed by atoms with Crippen LogP contribution in [-0.4, -0.2) is 35.5 Å². The number of nitrogens with zero attached hydrogens (tertiary/aromatic N) is 1. The molecule has 0 aromatic carbocycles. The molecule has 1 saturated carbocycles. The van der Waals surface area contributed by atoms with Crippen LogP contribution < -0.4 is 0 Å². The van der Waals surface area contributed by atoms with Crippen molar-refractivity contribution in [2.45, 2.75) is 51.9 Å². The number of amides is 1. The van der Waals surface area contributed by atoms with Crippen molar-refractivity contribution >= 4 is 11.9 Å². The summed E-state index contributed by atoms with van der Waals surface area (Å²) in [5, 5.41) is 8.68. The van der Waals surface area contributed by atoms with E-state index in [1.807, 2.05) is 0 Å². The molecule has 1 atom stereocenters. The van der Waals surface area contributed by atoms with Gasteiger partial charge in [0.1, 0.15) is 0 Å². The average molecular weight is 255 g/mol. The predicted molar refractivity (Wildman–Crippen MR) is 70.2 cm³/mol. The van der Waals surface area contributed by atoms with E-state index in [0.29, 0.717) is 0 Å². The second kappa shape index (κ2) is 7.39. The monoisotopic (exact) mass is 255 g/mol. The fraction of sp³-hybridized carbons (Fsp3) is 0.857. The maximum atomic E-state index is 11.9. The molecule has 18 heavy (non-hydrogen) atoms. The molecule has 1 fully saturated rings. The van der Waals surface area contributed by atoms with Crippen LogP contribution in [0.1, 0.15) is 51.9 Å². The number of carboxylic acid groups (broad SMARTS) is 1. The van der Waals surface area contributed by atoms with E-state index in [4.69, 9.17) is 5.11 Å². The molecule has 0 saturated heterocycles. The van der Waals surface area contributed by atoms with E-state index in [9.17, 15) is 9.59 Å². The topological polar surface area (TPSA) is 57.6 Å². The van der Waals surface area contributed by atoms with E-state index in [1.54, 1.807) is 18.9 Å². The third-order valence-corrected chi connectivity index (χ3v) is 3.88. The van der Waals surface area contributed by atoms with Gasteiger partial charge in [0, 0.05) is 19.5 Å². The molecule has 1 amide bonds. The lowest BCUT2D eigenvalue weighted by Crippen LogP contribution is -2.34. The lowest BCUT2D eigenvalue weighted by molar-refractivity contribution is -0.143. The van der Waals surface area contributed by atoms with Gasteiger partial charge < -0.3 is 10.0 Å². The normalized spacial score (nSPS) is 18.3. The SMILES string of the molecule is CC(CC(=O)O)C(=O)N(C)CCC1CCCCC1. The number of carbonyl (C=O) groups excluding carboxylic acids is 1. The fourth-order valence-electron chi connectivity index (χ4n) is 2.69. The molecule has 0 spiro atoms. The van der Waals surface area contributed by atoms with Gasteiger partial charge in [-0.2, -0.15) is 0 Å². The summed E-state index contributed by atoms with van der Waals surface area (Å²) >= 11 is 0. The standard InChI is InChI=1S/C14H25NO3/c1-11(10-13(16)17)14(18)15(2)9-8-12-6-4-3-5-7-12/h11-12H,3-10H2,1-2H3,(H,16,17). The van der Waals surface area contributed by atoms with Crippen LogP contribution in [-0.2, 0) is 9.59 Å². The van der Waals surface area contributed by atoms with Gasteiger partial charge >= 0.3 is 5.97 Å². The smallest absolute Gasteiger partial charge is 0.304 e. The third-order valence-electron chi connectivity index (χ3n) is 3.88. The number of hydrogen-bond donors (Lipinski definition) is 1. The first-order valence-electron chi connectivity index (χ1n) is 6.97. The van der Waals surface area contributed by atoms with Crippen molar-refractivity contribution in [3.63, 3.8) is 0 Å². The Morgan fingerprint density at radius 3 is 2.44 bits per heavy atom. The van der Waals surface area contributed by atoms with E-state index in [0.717, 1.165) is 18.9 Å². The van der Waals surface area contributed by atoms with Gasteiger partial charge in [0.05, 0.1) is 6.42 Å². The molecule has 0 radical (unpaired) electrons. The van der Waals surface area contributed by atoms with Crippen LogP contribution in [0.4, 0.5) is 0 Å². The van der Waals surface area contributed by atoms with E-state index in [2.05, 4.69) is 0 Å². The Bertz CT molecular complexity index is 285. The molecule has 0 heterocycles. The summed E-state index contributed by atoms with van der Waals surface area (Å²) < 4.78 is 0. The zero-order chi connectivity index (χ0) is 13.5. The van der Waals surface area contributed by atoms with Crippen LogP contribution in [0.5, 0.6) is 0 Å². The van der Waals surface area contributed by atoms with Crippen molar-refractivity contribution in [1.82, 2.24) is 4.90 Å². The van der Waals surface area contributed by atoms with Crippen molar-refractivity contribution in [3.05, 3.63) is 0 Å². The van der Waals surface area contributed by atoms with Crippen LogP contribution in [0.3, 0.4) is 0 Å². The molecule has 104 valence electrons. The van der Waals surface area contributed by atoms with Crippen LogP contribution in [0.2, 0.25) is 0 Å². The molecule has 1 unspecified atom stereocenters. The molecule has 4 heteroatoms. The Labute approximate surface area is 109 Å². The molecule has 0 aromatic heterocycles. The summed E-state index contributed by atoms with van der Waals surface area (Å²) in [4.78, 5) is 24.2. The Morgan fingerprint density at radius 2 is 1.89 bits per heavy atom. The molecular weight excluding hydrogens is 230 g/mol. The highest BCUT2D eigenvalue weighted by Gasteiger charge is 2.21. The average Bonchev–Trinajstić information content (AvgIpc) is 2.35. The minimum absolute atomic E-state index is 0.0480. The Balaban J connectivity index is 2.28. The quantitative estimate of drug-likeness (QED) is 0.793.